The molecule has 0 unspecified atom stereocenters. The summed E-state index contributed by atoms with van der Waals surface area (Å²) >= 11 is 0. The van der Waals surface area contributed by atoms with Crippen LogP contribution < -0.4 is 10.6 Å². The van der Waals surface area contributed by atoms with Gasteiger partial charge >= 0.3 is 0 Å². The first-order valence-corrected chi connectivity index (χ1v) is 6.79. The second kappa shape index (κ2) is 4.72. The summed E-state index contributed by atoms with van der Waals surface area (Å²) in [4.78, 5) is 16.3. The summed E-state index contributed by atoms with van der Waals surface area (Å²) in [6.45, 7) is 4.65. The van der Waals surface area contributed by atoms with Crippen LogP contribution in [-0.4, -0.2) is 28.0 Å². The Labute approximate surface area is 107 Å². The highest BCUT2D eigenvalue weighted by Crippen LogP contribution is 2.19. The number of nitrogens with zero attached hydrogens (tertiary/aromatic N) is 2. The van der Waals surface area contributed by atoms with Crippen LogP contribution in [0.1, 0.15) is 36.5 Å². The van der Waals surface area contributed by atoms with Crippen LogP contribution >= 0.6 is 0 Å². The lowest BCUT2D eigenvalue weighted by Crippen LogP contribution is -2.28. The molecule has 2 heterocycles. The molecule has 0 atom stereocenters. The average molecular weight is 248 g/mol. The number of aryl methyl sites for hydroxylation is 1. The number of aromatic nitrogens is 2. The molecule has 1 amide bonds. The van der Waals surface area contributed by atoms with Crippen LogP contribution in [0.25, 0.3) is 0 Å². The molecule has 0 spiro atoms. The van der Waals surface area contributed by atoms with Crippen LogP contribution in [0.3, 0.4) is 0 Å². The minimum Gasteiger partial charge on any atom is -0.353 e. The second-order valence-corrected chi connectivity index (χ2v) is 5.22. The predicted octanol–water partition coefficient (Wildman–Crippen LogP) is 0.506. The molecule has 3 rings (SSSR count). The van der Waals surface area contributed by atoms with E-state index < -0.39 is 0 Å². The molecule has 5 nitrogen and oxygen atoms in total. The lowest BCUT2D eigenvalue weighted by molar-refractivity contribution is -0.121. The minimum atomic E-state index is 0.174. The Kier molecular flexibility index (Phi) is 3.07. The molecule has 2 N–H and O–H groups in total. The standard InChI is InChI=1S/C13H20N4O/c1-9-15-11-8-14-6-4-12(11)17(9)7-5-13(18)16-10-2-3-10/h10,14H,2-8H2,1H3,(H,16,18). The molecule has 0 saturated heterocycles. The molecule has 1 saturated carbocycles. The molecular formula is C13H20N4O. The van der Waals surface area contributed by atoms with Crippen molar-refractivity contribution in [1.82, 2.24) is 20.2 Å². The fourth-order valence-corrected chi connectivity index (χ4v) is 2.54. The van der Waals surface area contributed by atoms with Gasteiger partial charge in [-0.3, -0.25) is 4.79 Å². The maximum Gasteiger partial charge on any atom is 0.222 e. The summed E-state index contributed by atoms with van der Waals surface area (Å²) < 4.78 is 2.21. The Balaban J connectivity index is 1.64. The molecule has 1 fully saturated rings. The highest BCUT2D eigenvalue weighted by atomic mass is 16.1. The number of carbonyl (C=O) groups is 1. The lowest BCUT2D eigenvalue weighted by Gasteiger charge is -2.15. The van der Waals surface area contributed by atoms with E-state index in [1.54, 1.807) is 0 Å². The largest absolute Gasteiger partial charge is 0.353 e. The van der Waals surface area contributed by atoms with Gasteiger partial charge in [-0.25, -0.2) is 4.98 Å². The monoisotopic (exact) mass is 248 g/mol. The SMILES string of the molecule is Cc1nc2c(n1CCC(=O)NC1CC1)CCNC2. The van der Waals surface area contributed by atoms with Gasteiger partial charge in [0.2, 0.25) is 5.91 Å². The quantitative estimate of drug-likeness (QED) is 0.816. The van der Waals surface area contributed by atoms with Crippen LogP contribution in [0.15, 0.2) is 0 Å². The van der Waals surface area contributed by atoms with Gasteiger partial charge in [0.1, 0.15) is 5.82 Å². The van der Waals surface area contributed by atoms with Crippen LogP contribution in [0.4, 0.5) is 0 Å². The Bertz CT molecular complexity index is 462. The fourth-order valence-electron chi connectivity index (χ4n) is 2.54. The number of fused-ring (bicyclic) bond motifs is 1. The summed E-state index contributed by atoms with van der Waals surface area (Å²) in [5, 5.41) is 6.36. The first kappa shape index (κ1) is 11.7. The van der Waals surface area contributed by atoms with Gasteiger partial charge in [0.05, 0.1) is 5.69 Å². The highest BCUT2D eigenvalue weighted by molar-refractivity contribution is 5.76. The molecular weight excluding hydrogens is 228 g/mol. The number of rotatable bonds is 4. The van der Waals surface area contributed by atoms with Crippen LogP contribution in [0, 0.1) is 6.92 Å². The van der Waals surface area contributed by atoms with Crippen molar-refractivity contribution in [2.75, 3.05) is 6.54 Å². The van der Waals surface area contributed by atoms with Crippen LogP contribution in [-0.2, 0) is 24.3 Å². The van der Waals surface area contributed by atoms with E-state index >= 15 is 0 Å². The summed E-state index contributed by atoms with van der Waals surface area (Å²) in [5.74, 6) is 1.20. The number of hydrogen-bond donors (Lipinski definition) is 2. The van der Waals surface area contributed by atoms with E-state index in [1.165, 1.54) is 5.69 Å². The molecule has 0 bridgehead atoms. The minimum absolute atomic E-state index is 0.174. The fraction of sp³-hybridized carbons (Fsp3) is 0.692. The summed E-state index contributed by atoms with van der Waals surface area (Å²) in [6.07, 6.45) is 3.88. The van der Waals surface area contributed by atoms with E-state index in [-0.39, 0.29) is 5.91 Å². The first-order valence-electron chi connectivity index (χ1n) is 6.79. The van der Waals surface area contributed by atoms with Crippen molar-refractivity contribution in [2.45, 2.75) is 51.7 Å². The van der Waals surface area contributed by atoms with Gasteiger partial charge in [0.15, 0.2) is 0 Å². The molecule has 1 aliphatic heterocycles. The smallest absolute Gasteiger partial charge is 0.222 e. The molecule has 1 aromatic rings. The summed E-state index contributed by atoms with van der Waals surface area (Å²) in [6, 6.07) is 0.458. The van der Waals surface area contributed by atoms with Crippen molar-refractivity contribution in [3.05, 3.63) is 17.2 Å². The highest BCUT2D eigenvalue weighted by Gasteiger charge is 2.23. The number of nitrogens with one attached hydrogen (secondary N) is 2. The molecule has 5 heteroatoms. The van der Waals surface area contributed by atoms with Gasteiger partial charge in [0, 0.05) is 44.2 Å². The van der Waals surface area contributed by atoms with E-state index in [0.29, 0.717) is 12.5 Å². The Morgan fingerprint density at radius 3 is 3.17 bits per heavy atom. The average Bonchev–Trinajstić information content (AvgIpc) is 3.09. The van der Waals surface area contributed by atoms with Gasteiger partial charge in [0.25, 0.3) is 0 Å². The van der Waals surface area contributed by atoms with Crippen LogP contribution in [0.5, 0.6) is 0 Å². The number of carbonyl (C=O) groups excluding carboxylic acids is 1. The van der Waals surface area contributed by atoms with Crippen molar-refractivity contribution < 1.29 is 4.79 Å². The number of imidazole rings is 1. The van der Waals surface area contributed by atoms with E-state index in [2.05, 4.69) is 20.2 Å². The topological polar surface area (TPSA) is 59.0 Å². The second-order valence-electron chi connectivity index (χ2n) is 5.22. The van der Waals surface area contributed by atoms with Gasteiger partial charge in [-0.15, -0.1) is 0 Å². The third-order valence-electron chi connectivity index (χ3n) is 3.68. The summed E-state index contributed by atoms with van der Waals surface area (Å²) in [5.41, 5.74) is 2.46. The van der Waals surface area contributed by atoms with Crippen molar-refractivity contribution in [3.63, 3.8) is 0 Å². The Morgan fingerprint density at radius 1 is 1.56 bits per heavy atom. The number of hydrogen-bond acceptors (Lipinski definition) is 3. The zero-order valence-electron chi connectivity index (χ0n) is 10.8. The number of amides is 1. The summed E-state index contributed by atoms with van der Waals surface area (Å²) in [7, 11) is 0. The van der Waals surface area contributed by atoms with Crippen molar-refractivity contribution in [2.24, 2.45) is 0 Å². The molecule has 0 radical (unpaired) electrons. The zero-order chi connectivity index (χ0) is 12.5. The lowest BCUT2D eigenvalue weighted by atomic mass is 10.2. The van der Waals surface area contributed by atoms with Crippen molar-refractivity contribution in [1.29, 1.82) is 0 Å². The van der Waals surface area contributed by atoms with Crippen LogP contribution in [0.2, 0.25) is 0 Å². The molecule has 1 aliphatic carbocycles. The molecule has 1 aromatic heterocycles. The normalized spacial score (nSPS) is 18.5. The third kappa shape index (κ3) is 2.41. The maximum absolute atomic E-state index is 11.7. The van der Waals surface area contributed by atoms with Gasteiger partial charge < -0.3 is 15.2 Å². The molecule has 18 heavy (non-hydrogen) atoms. The molecule has 98 valence electrons. The molecule has 2 aliphatic rings. The van der Waals surface area contributed by atoms with E-state index in [1.807, 2.05) is 6.92 Å². The van der Waals surface area contributed by atoms with Gasteiger partial charge in [-0.2, -0.15) is 0 Å². The Morgan fingerprint density at radius 2 is 2.39 bits per heavy atom. The van der Waals surface area contributed by atoms with Crippen molar-refractivity contribution >= 4 is 5.91 Å². The first-order chi connectivity index (χ1) is 8.74. The Hall–Kier alpha value is -1.36. The van der Waals surface area contributed by atoms with E-state index in [0.717, 1.165) is 50.4 Å². The molecule has 0 aromatic carbocycles. The third-order valence-corrected chi connectivity index (χ3v) is 3.68. The predicted molar refractivity (Wildman–Crippen MR) is 68.2 cm³/mol. The van der Waals surface area contributed by atoms with E-state index in [4.69, 9.17) is 0 Å². The van der Waals surface area contributed by atoms with Gasteiger partial charge in [-0.1, -0.05) is 0 Å². The van der Waals surface area contributed by atoms with Gasteiger partial charge in [-0.05, 0) is 19.8 Å². The zero-order valence-corrected chi connectivity index (χ0v) is 10.8. The maximum atomic E-state index is 11.7. The van der Waals surface area contributed by atoms with Crippen molar-refractivity contribution in [3.8, 4) is 0 Å². The van der Waals surface area contributed by atoms with E-state index in [9.17, 15) is 4.79 Å².